The second-order valence-electron chi connectivity index (χ2n) is 20.4. The molecule has 18 atom stereocenters. The maximum atomic E-state index is 14.5. The molecule has 3 saturated heterocycles. The number of benzene rings is 1. The molecule has 3 fully saturated rings. The van der Waals surface area contributed by atoms with Gasteiger partial charge in [0.1, 0.15) is 30.0 Å². The minimum atomic E-state index is -1.90. The van der Waals surface area contributed by atoms with Crippen LogP contribution in [0.1, 0.15) is 113 Å². The summed E-state index contributed by atoms with van der Waals surface area (Å²) in [4.78, 5) is 31.3. The van der Waals surface area contributed by atoms with Crippen molar-refractivity contribution in [2.75, 3.05) is 40.8 Å². The van der Waals surface area contributed by atoms with Crippen molar-refractivity contribution in [3.63, 3.8) is 0 Å². The first-order valence-electron chi connectivity index (χ1n) is 23.9. The molecule has 1 aromatic rings. The van der Waals surface area contributed by atoms with Crippen molar-refractivity contribution in [2.24, 2.45) is 17.8 Å². The molecule has 0 aliphatic carbocycles. The molecular weight excluding hydrogens is 839 g/mol. The van der Waals surface area contributed by atoms with Gasteiger partial charge in [0, 0.05) is 57.6 Å². The summed E-state index contributed by atoms with van der Waals surface area (Å²) in [5.74, 6) is -2.89. The molecule has 16 heteroatoms. The van der Waals surface area contributed by atoms with Crippen molar-refractivity contribution < 1.29 is 63.5 Å². The van der Waals surface area contributed by atoms with Gasteiger partial charge in [0.2, 0.25) is 5.91 Å². The van der Waals surface area contributed by atoms with Crippen LogP contribution in [0.3, 0.4) is 0 Å². The molecular formula is C49H85N3O13. The van der Waals surface area contributed by atoms with Crippen LogP contribution in [0.15, 0.2) is 30.3 Å². The Morgan fingerprint density at radius 1 is 0.954 bits per heavy atom. The summed E-state index contributed by atoms with van der Waals surface area (Å²) in [5, 5.41) is 62.8. The Hall–Kier alpha value is -2.32. The number of hydrogen-bond acceptors (Lipinski definition) is 15. The molecule has 0 spiro atoms. The Morgan fingerprint density at radius 3 is 2.23 bits per heavy atom. The Kier molecular flexibility index (Phi) is 20.2. The fourth-order valence-electron chi connectivity index (χ4n) is 10.4. The number of nitrogens with one attached hydrogen (secondary N) is 1. The van der Waals surface area contributed by atoms with E-state index in [1.165, 1.54) is 14.0 Å². The number of aliphatic hydroxyl groups excluding tert-OH is 3. The highest BCUT2D eigenvalue weighted by atomic mass is 16.7. The molecule has 1 amide bonds. The van der Waals surface area contributed by atoms with Crippen molar-refractivity contribution in [3.8, 4) is 0 Å². The Bertz CT molecular complexity index is 1620. The monoisotopic (exact) mass is 924 g/mol. The van der Waals surface area contributed by atoms with Crippen LogP contribution in [0, 0.1) is 17.8 Å². The molecule has 3 aliphatic heterocycles. The highest BCUT2D eigenvalue weighted by Crippen LogP contribution is 2.40. The summed E-state index contributed by atoms with van der Waals surface area (Å²) >= 11 is 0. The number of esters is 1. The fourth-order valence-corrected chi connectivity index (χ4v) is 10.4. The molecule has 6 N–H and O–H groups in total. The average Bonchev–Trinajstić information content (AvgIpc) is 3.25. The van der Waals surface area contributed by atoms with Gasteiger partial charge in [-0.3, -0.25) is 14.5 Å². The van der Waals surface area contributed by atoms with Crippen molar-refractivity contribution in [1.29, 1.82) is 0 Å². The molecule has 0 saturated carbocycles. The number of carbonyl (C=O) groups excluding carboxylic acids is 2. The Morgan fingerprint density at radius 2 is 1.62 bits per heavy atom. The van der Waals surface area contributed by atoms with Gasteiger partial charge in [0.15, 0.2) is 12.6 Å². The van der Waals surface area contributed by atoms with Gasteiger partial charge in [0.25, 0.3) is 0 Å². The molecule has 3 aliphatic rings. The van der Waals surface area contributed by atoms with Crippen LogP contribution in [0.2, 0.25) is 0 Å². The average molecular weight is 924 g/mol. The van der Waals surface area contributed by atoms with Crippen LogP contribution >= 0.6 is 0 Å². The number of aliphatic hydroxyl groups is 5. The molecule has 0 unspecified atom stereocenters. The van der Waals surface area contributed by atoms with Crippen molar-refractivity contribution in [1.82, 2.24) is 15.1 Å². The lowest BCUT2D eigenvalue weighted by atomic mass is 9.77. The van der Waals surface area contributed by atoms with Gasteiger partial charge < -0.3 is 64.2 Å². The van der Waals surface area contributed by atoms with Crippen LogP contribution in [-0.2, 0) is 44.4 Å². The second-order valence-corrected chi connectivity index (χ2v) is 20.4. The van der Waals surface area contributed by atoms with E-state index < -0.39 is 96.0 Å². The first-order valence-corrected chi connectivity index (χ1v) is 23.9. The van der Waals surface area contributed by atoms with E-state index in [-0.39, 0.29) is 43.2 Å². The number of nitrogens with zero attached hydrogens (tertiary/aromatic N) is 2. The van der Waals surface area contributed by atoms with Crippen LogP contribution in [0.25, 0.3) is 0 Å². The van der Waals surface area contributed by atoms with E-state index in [0.29, 0.717) is 45.3 Å². The topological polar surface area (TPSA) is 209 Å². The van der Waals surface area contributed by atoms with E-state index in [4.69, 9.17) is 28.4 Å². The summed E-state index contributed by atoms with van der Waals surface area (Å²) in [5.41, 5.74) is -3.51. The molecule has 374 valence electrons. The summed E-state index contributed by atoms with van der Waals surface area (Å²) in [7, 11) is 5.26. The number of cyclic esters (lactones) is 1. The largest absolute Gasteiger partial charge is 0.459 e. The number of aryl methyl sites for hydroxylation is 1. The SMILES string of the molecule is CC[C@H]1OC(=O)[C@H](C)[C@@H](O[C@H]2C[C@@](C)(OC)[C@@H](O)[C@H](C)O2)[C@H](C)[C@@H](O[C@@H]2O[C@H](C)C[C@H](N(C)C)[C@H]2O)[C@](C)(O)C[C@@H](C)CN(CCCNC(=O)CCc2ccccc2)[C@H](C)[C@@H](O)[C@]1(C)O. The van der Waals surface area contributed by atoms with E-state index in [2.05, 4.69) is 5.32 Å². The minimum absolute atomic E-state index is 0.0659. The minimum Gasteiger partial charge on any atom is -0.459 e. The molecule has 4 rings (SSSR count). The number of hydrogen-bond donors (Lipinski definition) is 6. The van der Waals surface area contributed by atoms with Gasteiger partial charge >= 0.3 is 5.97 Å². The van der Waals surface area contributed by atoms with Gasteiger partial charge in [-0.05, 0) is 106 Å². The standard InChI is InChI=1S/C49H85N3O13/c1-14-37-49(10,59)42(55)33(6)52(24-18-23-50-38(53)22-21-35-19-16-15-17-20-35)28-29(2)26-47(8,58)44(65-46-40(54)36(51(11)12)25-30(3)61-46)31(4)41(32(5)45(57)63-37)64-39-27-48(9,60-13)43(56)34(7)62-39/h15-17,19-20,29-34,36-37,39-44,46,54-56,58-59H,14,18,21-28H2,1-13H3,(H,50,53)/t29-,30-,31+,32-,33-,34+,36+,37-,39+,40-,41+,42-,43+,44-,46+,47-,48-,49-/m1/s1. The number of rotatable bonds is 14. The van der Waals surface area contributed by atoms with Crippen LogP contribution in [0.5, 0.6) is 0 Å². The zero-order valence-corrected chi connectivity index (χ0v) is 41.5. The quantitative estimate of drug-likeness (QED) is 0.117. The Balaban J connectivity index is 1.72. The summed E-state index contributed by atoms with van der Waals surface area (Å²) in [6.45, 7) is 18.8. The van der Waals surface area contributed by atoms with Crippen LogP contribution in [0.4, 0.5) is 0 Å². The molecule has 0 radical (unpaired) electrons. The maximum absolute atomic E-state index is 14.5. The van der Waals surface area contributed by atoms with Gasteiger partial charge in [-0.1, -0.05) is 51.1 Å². The van der Waals surface area contributed by atoms with E-state index in [1.54, 1.807) is 34.6 Å². The third kappa shape index (κ3) is 14.1. The van der Waals surface area contributed by atoms with E-state index in [0.717, 1.165) is 5.56 Å². The summed E-state index contributed by atoms with van der Waals surface area (Å²) in [6.07, 6.45) is -7.38. The number of likely N-dealkylation sites (N-methyl/N-ethyl adjacent to an activating group) is 1. The third-order valence-electron chi connectivity index (χ3n) is 14.5. The van der Waals surface area contributed by atoms with Gasteiger partial charge in [-0.2, -0.15) is 0 Å². The van der Waals surface area contributed by atoms with Gasteiger partial charge in [-0.25, -0.2) is 0 Å². The molecule has 16 nitrogen and oxygen atoms in total. The second kappa shape index (κ2) is 23.8. The predicted octanol–water partition coefficient (Wildman–Crippen LogP) is 3.41. The van der Waals surface area contributed by atoms with Crippen LogP contribution < -0.4 is 5.32 Å². The predicted molar refractivity (Wildman–Crippen MR) is 246 cm³/mol. The smallest absolute Gasteiger partial charge is 0.311 e. The van der Waals surface area contributed by atoms with E-state index in [9.17, 15) is 35.1 Å². The molecule has 0 bridgehead atoms. The first-order chi connectivity index (χ1) is 30.4. The zero-order valence-electron chi connectivity index (χ0n) is 41.5. The normalized spacial score (nSPS) is 41.9. The van der Waals surface area contributed by atoms with Crippen molar-refractivity contribution >= 4 is 11.9 Å². The highest BCUT2D eigenvalue weighted by Gasteiger charge is 2.53. The number of methoxy groups -OCH3 is 1. The van der Waals surface area contributed by atoms with Gasteiger partial charge in [-0.15, -0.1) is 0 Å². The zero-order chi connectivity index (χ0) is 48.6. The lowest BCUT2D eigenvalue weighted by Gasteiger charge is -2.48. The maximum Gasteiger partial charge on any atom is 0.311 e. The highest BCUT2D eigenvalue weighted by molar-refractivity contribution is 5.76. The first kappa shape index (κ1) is 55.3. The number of carbonyl (C=O) groups is 2. The van der Waals surface area contributed by atoms with E-state index in [1.807, 2.05) is 81.9 Å². The molecule has 65 heavy (non-hydrogen) atoms. The van der Waals surface area contributed by atoms with Crippen LogP contribution in [-0.4, -0.2) is 178 Å². The molecule has 3 heterocycles. The fraction of sp³-hybridized carbons (Fsp3) is 0.837. The number of amides is 1. The van der Waals surface area contributed by atoms with E-state index >= 15 is 0 Å². The molecule has 0 aromatic heterocycles. The lowest BCUT2D eigenvalue weighted by molar-refractivity contribution is -0.318. The number of ether oxygens (including phenoxy) is 6. The third-order valence-corrected chi connectivity index (χ3v) is 14.5. The Labute approximate surface area is 388 Å². The van der Waals surface area contributed by atoms with Gasteiger partial charge in [0.05, 0.1) is 41.5 Å². The summed E-state index contributed by atoms with van der Waals surface area (Å²) in [6, 6.07) is 8.86. The lowest BCUT2D eigenvalue weighted by Crippen LogP contribution is -2.60. The summed E-state index contributed by atoms with van der Waals surface area (Å²) < 4.78 is 38.0. The van der Waals surface area contributed by atoms with Crippen molar-refractivity contribution in [2.45, 2.75) is 204 Å². The van der Waals surface area contributed by atoms with Crippen molar-refractivity contribution in [3.05, 3.63) is 35.9 Å². The molecule has 1 aromatic carbocycles.